The molecule has 0 fully saturated rings. The van der Waals surface area contributed by atoms with Crippen molar-refractivity contribution in [3.05, 3.63) is 48.6 Å². The summed E-state index contributed by atoms with van der Waals surface area (Å²) in [6.45, 7) is 9.71. The first kappa shape index (κ1) is 12.7. The fourth-order valence-electron chi connectivity index (χ4n) is 2.76. The number of hydrogen-bond acceptors (Lipinski definition) is 3. The molecule has 0 saturated carbocycles. The molecule has 0 spiro atoms. The lowest BCUT2D eigenvalue weighted by atomic mass is 9.79. The first-order valence-electron chi connectivity index (χ1n) is 6.37. The van der Waals surface area contributed by atoms with Crippen LogP contribution < -0.4 is 5.73 Å². The second kappa shape index (κ2) is 4.84. The molecule has 2 rings (SSSR count). The predicted molar refractivity (Wildman–Crippen MR) is 76.4 cm³/mol. The number of guanidine groups is 1. The molecule has 1 atom stereocenters. The van der Waals surface area contributed by atoms with Crippen LogP contribution in [0.1, 0.15) is 19.4 Å². The van der Waals surface area contributed by atoms with Crippen molar-refractivity contribution in [3.8, 4) is 0 Å². The molecule has 96 valence electrons. The Morgan fingerprint density at radius 3 is 2.67 bits per heavy atom. The van der Waals surface area contributed by atoms with E-state index in [0.29, 0.717) is 18.4 Å². The Hall–Kier alpha value is -1.77. The minimum atomic E-state index is -0.139. The van der Waals surface area contributed by atoms with Crippen LogP contribution in [0.2, 0.25) is 0 Å². The van der Waals surface area contributed by atoms with Gasteiger partial charge in [0.05, 0.1) is 12.1 Å². The maximum atomic E-state index is 6.04. The number of rotatable bonds is 4. The first-order chi connectivity index (χ1) is 8.63. The van der Waals surface area contributed by atoms with Crippen molar-refractivity contribution in [2.45, 2.75) is 19.4 Å². The van der Waals surface area contributed by atoms with Gasteiger partial charge in [-0.1, -0.05) is 50.3 Å². The van der Waals surface area contributed by atoms with Crippen LogP contribution in [-0.2, 0) is 5.54 Å². The van der Waals surface area contributed by atoms with Crippen LogP contribution in [0, 0.1) is 5.92 Å². The zero-order valence-electron chi connectivity index (χ0n) is 11.1. The largest absolute Gasteiger partial charge is 0.370 e. The van der Waals surface area contributed by atoms with E-state index in [0.717, 1.165) is 6.54 Å². The minimum absolute atomic E-state index is 0.139. The Morgan fingerprint density at radius 2 is 2.11 bits per heavy atom. The number of nitrogens with two attached hydrogens (primary N) is 1. The molecular formula is C15H21N3. The summed E-state index contributed by atoms with van der Waals surface area (Å²) in [4.78, 5) is 6.63. The Bertz CT molecular complexity index is 450. The summed E-state index contributed by atoms with van der Waals surface area (Å²) in [5.74, 6) is 1.04. The summed E-state index contributed by atoms with van der Waals surface area (Å²) >= 11 is 0. The minimum Gasteiger partial charge on any atom is -0.370 e. The van der Waals surface area contributed by atoms with E-state index < -0.39 is 0 Å². The number of hydrogen-bond donors (Lipinski definition) is 1. The number of aliphatic imine (C=N–C) groups is 1. The van der Waals surface area contributed by atoms with Crippen molar-refractivity contribution < 1.29 is 0 Å². The topological polar surface area (TPSA) is 41.6 Å². The summed E-state index contributed by atoms with van der Waals surface area (Å²) in [6, 6.07) is 10.5. The summed E-state index contributed by atoms with van der Waals surface area (Å²) in [5, 5.41) is 0. The molecule has 3 heteroatoms. The van der Waals surface area contributed by atoms with E-state index in [1.54, 1.807) is 0 Å². The van der Waals surface area contributed by atoms with E-state index in [-0.39, 0.29) is 5.54 Å². The first-order valence-corrected chi connectivity index (χ1v) is 6.37. The molecule has 1 unspecified atom stereocenters. The van der Waals surface area contributed by atoms with Crippen molar-refractivity contribution >= 4 is 5.96 Å². The van der Waals surface area contributed by atoms with Crippen LogP contribution in [0.15, 0.2) is 48.0 Å². The normalized spacial score (nSPS) is 23.3. The highest BCUT2D eigenvalue weighted by atomic mass is 15.4. The monoisotopic (exact) mass is 243 g/mol. The third kappa shape index (κ3) is 1.80. The van der Waals surface area contributed by atoms with Crippen LogP contribution >= 0.6 is 0 Å². The van der Waals surface area contributed by atoms with Gasteiger partial charge in [0.1, 0.15) is 0 Å². The molecule has 0 radical (unpaired) electrons. The maximum absolute atomic E-state index is 6.04. The van der Waals surface area contributed by atoms with Crippen LogP contribution in [0.25, 0.3) is 0 Å². The fourth-order valence-corrected chi connectivity index (χ4v) is 2.76. The molecule has 0 saturated heterocycles. The van der Waals surface area contributed by atoms with E-state index in [9.17, 15) is 0 Å². The van der Waals surface area contributed by atoms with E-state index in [1.165, 1.54) is 5.56 Å². The molecule has 0 bridgehead atoms. The Labute approximate surface area is 109 Å². The Balaban J connectivity index is 2.49. The number of benzene rings is 1. The van der Waals surface area contributed by atoms with Gasteiger partial charge in [0.2, 0.25) is 0 Å². The molecular weight excluding hydrogens is 222 g/mol. The van der Waals surface area contributed by atoms with Crippen molar-refractivity contribution in [3.63, 3.8) is 0 Å². The van der Waals surface area contributed by atoms with Crippen LogP contribution in [0.5, 0.6) is 0 Å². The van der Waals surface area contributed by atoms with E-state index in [4.69, 9.17) is 5.73 Å². The third-order valence-corrected chi connectivity index (χ3v) is 3.78. The second-order valence-electron chi connectivity index (χ2n) is 5.02. The lowest BCUT2D eigenvalue weighted by molar-refractivity contribution is 0.150. The van der Waals surface area contributed by atoms with Gasteiger partial charge in [-0.05, 0) is 11.5 Å². The SMILES string of the molecule is C=CCN1C(N)=NCC1(c1ccccc1)C(C)C. The van der Waals surface area contributed by atoms with Crippen molar-refractivity contribution in [1.29, 1.82) is 0 Å². The van der Waals surface area contributed by atoms with E-state index in [2.05, 4.69) is 54.6 Å². The summed E-state index contributed by atoms with van der Waals surface area (Å²) < 4.78 is 0. The third-order valence-electron chi connectivity index (χ3n) is 3.78. The zero-order chi connectivity index (χ0) is 13.2. The predicted octanol–water partition coefficient (Wildman–Crippen LogP) is 2.35. The van der Waals surface area contributed by atoms with E-state index >= 15 is 0 Å². The van der Waals surface area contributed by atoms with Crippen molar-refractivity contribution in [2.75, 3.05) is 13.1 Å². The fraction of sp³-hybridized carbons (Fsp3) is 0.400. The van der Waals surface area contributed by atoms with Gasteiger partial charge >= 0.3 is 0 Å². The summed E-state index contributed by atoms with van der Waals surface area (Å²) in [7, 11) is 0. The highest BCUT2D eigenvalue weighted by Crippen LogP contribution is 2.39. The molecule has 0 aromatic heterocycles. The molecule has 0 aliphatic carbocycles. The van der Waals surface area contributed by atoms with Crippen LogP contribution in [0.4, 0.5) is 0 Å². The van der Waals surface area contributed by atoms with E-state index in [1.807, 2.05) is 12.1 Å². The van der Waals surface area contributed by atoms with Gasteiger partial charge in [0.15, 0.2) is 5.96 Å². The lowest BCUT2D eigenvalue weighted by Gasteiger charge is -2.42. The average Bonchev–Trinajstić information content (AvgIpc) is 2.70. The molecule has 18 heavy (non-hydrogen) atoms. The molecule has 2 N–H and O–H groups in total. The standard InChI is InChI=1S/C15H21N3/c1-4-10-18-14(16)17-11-15(18,12(2)3)13-8-6-5-7-9-13/h4-9,12H,1,10-11H2,2-3H3,(H2,16,17). The molecule has 1 aromatic rings. The van der Waals surface area contributed by atoms with Crippen molar-refractivity contribution in [2.24, 2.45) is 16.6 Å². The molecule has 1 aromatic carbocycles. The van der Waals surface area contributed by atoms with Crippen LogP contribution in [0.3, 0.4) is 0 Å². The van der Waals surface area contributed by atoms with Gasteiger partial charge < -0.3 is 10.6 Å². The summed E-state index contributed by atoms with van der Waals surface area (Å²) in [5.41, 5.74) is 7.17. The maximum Gasteiger partial charge on any atom is 0.192 e. The molecule has 1 aliphatic heterocycles. The van der Waals surface area contributed by atoms with Gasteiger partial charge in [-0.15, -0.1) is 6.58 Å². The van der Waals surface area contributed by atoms with Gasteiger partial charge in [0.25, 0.3) is 0 Å². The second-order valence-corrected chi connectivity index (χ2v) is 5.02. The molecule has 1 aliphatic rings. The van der Waals surface area contributed by atoms with Gasteiger partial charge in [-0.3, -0.25) is 4.99 Å². The quantitative estimate of drug-likeness (QED) is 0.825. The molecule has 3 nitrogen and oxygen atoms in total. The number of nitrogens with zero attached hydrogens (tertiary/aromatic N) is 2. The highest BCUT2D eigenvalue weighted by molar-refractivity contribution is 5.81. The Morgan fingerprint density at radius 1 is 1.44 bits per heavy atom. The zero-order valence-corrected chi connectivity index (χ0v) is 11.1. The van der Waals surface area contributed by atoms with Gasteiger partial charge in [-0.25, -0.2) is 0 Å². The highest BCUT2D eigenvalue weighted by Gasteiger charge is 2.45. The molecule has 1 heterocycles. The molecule has 0 amide bonds. The average molecular weight is 243 g/mol. The lowest BCUT2D eigenvalue weighted by Crippen LogP contribution is -2.52. The van der Waals surface area contributed by atoms with Gasteiger partial charge in [0, 0.05) is 6.54 Å². The summed E-state index contributed by atoms with van der Waals surface area (Å²) in [6.07, 6.45) is 1.88. The Kier molecular flexibility index (Phi) is 3.41. The smallest absolute Gasteiger partial charge is 0.192 e. The van der Waals surface area contributed by atoms with Gasteiger partial charge in [-0.2, -0.15) is 0 Å². The van der Waals surface area contributed by atoms with Crippen molar-refractivity contribution in [1.82, 2.24) is 4.90 Å². The van der Waals surface area contributed by atoms with Crippen LogP contribution in [-0.4, -0.2) is 23.9 Å².